The number of rotatable bonds is 2. The molecule has 1 atom stereocenters. The zero-order valence-corrected chi connectivity index (χ0v) is 9.09. The van der Waals surface area contributed by atoms with Crippen molar-refractivity contribution in [3.05, 3.63) is 59.4 Å². The van der Waals surface area contributed by atoms with Crippen LogP contribution < -0.4 is 5.73 Å². The smallest absolute Gasteiger partial charge is 0.106 e. The van der Waals surface area contributed by atoms with Gasteiger partial charge in [-0.3, -0.25) is 4.98 Å². The Bertz CT molecular complexity index is 480. The van der Waals surface area contributed by atoms with Crippen molar-refractivity contribution in [3.8, 4) is 0 Å². The molecule has 82 valence electrons. The summed E-state index contributed by atoms with van der Waals surface area (Å²) in [5.41, 5.74) is 8.97. The predicted octanol–water partition coefficient (Wildman–Crippen LogP) is 2.05. The summed E-state index contributed by atoms with van der Waals surface area (Å²) in [6.07, 6.45) is 2.76. The minimum Gasteiger partial charge on any atom is -0.399 e. The molecular formula is C13H14N2O. The van der Waals surface area contributed by atoms with Gasteiger partial charge in [-0.1, -0.05) is 12.1 Å². The Morgan fingerprint density at radius 2 is 1.88 bits per heavy atom. The molecule has 3 heteroatoms. The molecule has 0 saturated heterocycles. The first-order valence-corrected chi connectivity index (χ1v) is 5.12. The van der Waals surface area contributed by atoms with Crippen LogP contribution in [0.15, 0.2) is 42.7 Å². The van der Waals surface area contributed by atoms with Gasteiger partial charge in [-0.15, -0.1) is 0 Å². The third-order valence-corrected chi connectivity index (χ3v) is 2.63. The van der Waals surface area contributed by atoms with Crippen LogP contribution in [-0.4, -0.2) is 10.1 Å². The molecule has 0 fully saturated rings. The van der Waals surface area contributed by atoms with Gasteiger partial charge in [0, 0.05) is 23.6 Å². The summed E-state index contributed by atoms with van der Waals surface area (Å²) in [5, 5.41) is 10.2. The van der Waals surface area contributed by atoms with E-state index in [1.165, 1.54) is 0 Å². The Morgan fingerprint density at radius 3 is 2.50 bits per heavy atom. The zero-order valence-electron chi connectivity index (χ0n) is 9.09. The van der Waals surface area contributed by atoms with Gasteiger partial charge >= 0.3 is 0 Å². The normalized spacial score (nSPS) is 12.4. The average molecular weight is 214 g/mol. The molecule has 1 unspecified atom stereocenters. The van der Waals surface area contributed by atoms with Crippen molar-refractivity contribution in [3.63, 3.8) is 0 Å². The number of aromatic nitrogens is 1. The Hall–Kier alpha value is -1.87. The van der Waals surface area contributed by atoms with Crippen LogP contribution in [0.4, 0.5) is 5.69 Å². The third-order valence-electron chi connectivity index (χ3n) is 2.63. The molecule has 0 spiro atoms. The monoisotopic (exact) mass is 214 g/mol. The van der Waals surface area contributed by atoms with Gasteiger partial charge in [-0.25, -0.2) is 0 Å². The van der Waals surface area contributed by atoms with Crippen LogP contribution in [-0.2, 0) is 0 Å². The van der Waals surface area contributed by atoms with E-state index in [2.05, 4.69) is 4.98 Å². The second kappa shape index (κ2) is 4.33. The van der Waals surface area contributed by atoms with Crippen LogP contribution in [0.2, 0.25) is 0 Å². The third kappa shape index (κ3) is 2.04. The molecule has 1 heterocycles. The highest BCUT2D eigenvalue weighted by Gasteiger charge is 2.12. The maximum absolute atomic E-state index is 10.2. The van der Waals surface area contributed by atoms with Crippen molar-refractivity contribution in [2.75, 3.05) is 5.73 Å². The van der Waals surface area contributed by atoms with E-state index >= 15 is 0 Å². The summed E-state index contributed by atoms with van der Waals surface area (Å²) < 4.78 is 0. The first-order valence-electron chi connectivity index (χ1n) is 5.12. The van der Waals surface area contributed by atoms with Crippen LogP contribution in [0, 0.1) is 6.92 Å². The van der Waals surface area contributed by atoms with Gasteiger partial charge in [0.15, 0.2) is 0 Å². The number of hydrogen-bond acceptors (Lipinski definition) is 3. The molecule has 16 heavy (non-hydrogen) atoms. The fourth-order valence-electron chi connectivity index (χ4n) is 1.62. The lowest BCUT2D eigenvalue weighted by Crippen LogP contribution is -2.02. The van der Waals surface area contributed by atoms with E-state index in [9.17, 15) is 5.11 Å². The van der Waals surface area contributed by atoms with Crippen molar-refractivity contribution < 1.29 is 5.11 Å². The molecular weight excluding hydrogens is 200 g/mol. The Balaban J connectivity index is 2.35. The highest BCUT2D eigenvalue weighted by atomic mass is 16.3. The van der Waals surface area contributed by atoms with Crippen LogP contribution in [0.3, 0.4) is 0 Å². The molecule has 0 aliphatic heterocycles. The Labute approximate surface area is 94.6 Å². The van der Waals surface area contributed by atoms with Crippen LogP contribution >= 0.6 is 0 Å². The summed E-state index contributed by atoms with van der Waals surface area (Å²) in [6.45, 7) is 1.96. The lowest BCUT2D eigenvalue weighted by molar-refractivity contribution is 0.219. The fourth-order valence-corrected chi connectivity index (χ4v) is 1.62. The van der Waals surface area contributed by atoms with Crippen molar-refractivity contribution in [2.45, 2.75) is 13.0 Å². The molecule has 2 rings (SSSR count). The molecule has 0 amide bonds. The summed E-state index contributed by atoms with van der Waals surface area (Å²) in [5.74, 6) is 0. The quantitative estimate of drug-likeness (QED) is 0.752. The molecule has 0 aliphatic carbocycles. The van der Waals surface area contributed by atoms with Crippen LogP contribution in [0.5, 0.6) is 0 Å². The predicted molar refractivity (Wildman–Crippen MR) is 63.9 cm³/mol. The summed E-state index contributed by atoms with van der Waals surface area (Å²) in [4.78, 5) is 4.02. The van der Waals surface area contributed by atoms with Gasteiger partial charge in [-0.2, -0.15) is 0 Å². The fraction of sp³-hybridized carbons (Fsp3) is 0.154. The Morgan fingerprint density at radius 1 is 1.19 bits per heavy atom. The molecule has 0 radical (unpaired) electrons. The second-order valence-corrected chi connectivity index (χ2v) is 3.80. The molecule has 3 nitrogen and oxygen atoms in total. The van der Waals surface area contributed by atoms with Crippen molar-refractivity contribution in [2.24, 2.45) is 0 Å². The van der Waals surface area contributed by atoms with E-state index in [0.29, 0.717) is 5.69 Å². The van der Waals surface area contributed by atoms with E-state index in [4.69, 9.17) is 5.73 Å². The SMILES string of the molecule is Cc1ccncc1C(O)c1ccc(N)cc1. The van der Waals surface area contributed by atoms with Gasteiger partial charge in [0.05, 0.1) is 0 Å². The number of anilines is 1. The lowest BCUT2D eigenvalue weighted by atomic mass is 9.99. The van der Waals surface area contributed by atoms with Gasteiger partial charge in [-0.05, 0) is 36.2 Å². The number of hydrogen-bond donors (Lipinski definition) is 2. The number of benzene rings is 1. The summed E-state index contributed by atoms with van der Waals surface area (Å²) >= 11 is 0. The molecule has 0 saturated carbocycles. The average Bonchev–Trinajstić information content (AvgIpc) is 2.30. The van der Waals surface area contributed by atoms with Crippen molar-refractivity contribution >= 4 is 5.69 Å². The van der Waals surface area contributed by atoms with E-state index in [1.54, 1.807) is 24.5 Å². The van der Waals surface area contributed by atoms with E-state index in [-0.39, 0.29) is 0 Å². The number of nitrogens with zero attached hydrogens (tertiary/aromatic N) is 1. The summed E-state index contributed by atoms with van der Waals surface area (Å²) in [7, 11) is 0. The minimum atomic E-state index is -0.644. The number of aliphatic hydroxyl groups excluding tert-OH is 1. The maximum atomic E-state index is 10.2. The van der Waals surface area contributed by atoms with Gasteiger partial charge in [0.25, 0.3) is 0 Å². The molecule has 1 aromatic heterocycles. The highest BCUT2D eigenvalue weighted by molar-refractivity contribution is 5.42. The van der Waals surface area contributed by atoms with E-state index in [1.807, 2.05) is 25.1 Å². The standard InChI is InChI=1S/C13H14N2O/c1-9-6-7-15-8-12(9)13(16)10-2-4-11(14)5-3-10/h2-8,13,16H,14H2,1H3. The molecule has 0 aliphatic rings. The number of aryl methyl sites for hydroxylation is 1. The molecule has 0 bridgehead atoms. The van der Waals surface area contributed by atoms with Gasteiger partial charge in [0.1, 0.15) is 6.10 Å². The molecule has 2 aromatic rings. The van der Waals surface area contributed by atoms with Gasteiger partial charge < -0.3 is 10.8 Å². The Kier molecular flexibility index (Phi) is 2.88. The maximum Gasteiger partial charge on any atom is 0.106 e. The van der Waals surface area contributed by atoms with Crippen molar-refractivity contribution in [1.29, 1.82) is 0 Å². The zero-order chi connectivity index (χ0) is 11.5. The number of aliphatic hydroxyl groups is 1. The number of nitrogen functional groups attached to an aromatic ring is 1. The first kappa shape index (κ1) is 10.6. The van der Waals surface area contributed by atoms with E-state index < -0.39 is 6.10 Å². The number of pyridine rings is 1. The topological polar surface area (TPSA) is 59.1 Å². The number of nitrogens with two attached hydrogens (primary N) is 1. The van der Waals surface area contributed by atoms with Gasteiger partial charge in [0.2, 0.25) is 0 Å². The highest BCUT2D eigenvalue weighted by Crippen LogP contribution is 2.24. The van der Waals surface area contributed by atoms with E-state index in [0.717, 1.165) is 16.7 Å². The van der Waals surface area contributed by atoms with Crippen LogP contribution in [0.25, 0.3) is 0 Å². The molecule has 1 aromatic carbocycles. The summed E-state index contributed by atoms with van der Waals surface area (Å²) in [6, 6.07) is 9.10. The first-order chi connectivity index (χ1) is 7.68. The second-order valence-electron chi connectivity index (χ2n) is 3.80. The van der Waals surface area contributed by atoms with Crippen molar-refractivity contribution in [1.82, 2.24) is 4.98 Å². The lowest BCUT2D eigenvalue weighted by Gasteiger charge is -2.13. The van der Waals surface area contributed by atoms with Crippen LogP contribution in [0.1, 0.15) is 22.8 Å². The minimum absolute atomic E-state index is 0.644. The molecule has 3 N–H and O–H groups in total. The largest absolute Gasteiger partial charge is 0.399 e.